The zero-order valence-electron chi connectivity index (χ0n) is 11.9. The van der Waals surface area contributed by atoms with Crippen LogP contribution in [0.25, 0.3) is 0 Å². The van der Waals surface area contributed by atoms with Crippen LogP contribution in [-0.4, -0.2) is 37.0 Å². The van der Waals surface area contributed by atoms with Gasteiger partial charge in [0.05, 0.1) is 0 Å². The number of likely N-dealkylation sites (tertiary alicyclic amines) is 1. The van der Waals surface area contributed by atoms with E-state index in [1.807, 2.05) is 18.2 Å². The minimum atomic E-state index is 0.204. The van der Waals surface area contributed by atoms with Crippen molar-refractivity contribution in [3.63, 3.8) is 0 Å². The molecule has 1 N–H and O–H groups in total. The highest BCUT2D eigenvalue weighted by Crippen LogP contribution is 2.27. The van der Waals surface area contributed by atoms with E-state index in [1.165, 1.54) is 9.13 Å². The van der Waals surface area contributed by atoms with Crippen molar-refractivity contribution in [2.24, 2.45) is 11.8 Å². The van der Waals surface area contributed by atoms with Gasteiger partial charge in [-0.05, 0) is 85.0 Å². The molecule has 4 heteroatoms. The summed E-state index contributed by atoms with van der Waals surface area (Å²) in [6.07, 6.45) is 2.29. The number of rotatable bonds is 1. The Kier molecular flexibility index (Phi) is 4.31. The summed E-state index contributed by atoms with van der Waals surface area (Å²) in [6, 6.07) is 6.03. The lowest BCUT2D eigenvalue weighted by Crippen LogP contribution is -2.32. The number of carbonyl (C=O) groups excluding carboxylic acids is 1. The van der Waals surface area contributed by atoms with Gasteiger partial charge in [-0.1, -0.05) is 6.07 Å². The van der Waals surface area contributed by atoms with Gasteiger partial charge >= 0.3 is 0 Å². The lowest BCUT2D eigenvalue weighted by Gasteiger charge is -2.21. The normalized spacial score (nSPS) is 26.2. The van der Waals surface area contributed by atoms with Crippen LogP contribution in [0, 0.1) is 22.3 Å². The van der Waals surface area contributed by atoms with E-state index in [-0.39, 0.29) is 5.91 Å². The summed E-state index contributed by atoms with van der Waals surface area (Å²) in [5, 5.41) is 3.48. The van der Waals surface area contributed by atoms with Gasteiger partial charge in [0.1, 0.15) is 0 Å². The quantitative estimate of drug-likeness (QED) is 0.756. The van der Waals surface area contributed by atoms with Crippen LogP contribution in [0.5, 0.6) is 0 Å². The Labute approximate surface area is 134 Å². The summed E-state index contributed by atoms with van der Waals surface area (Å²) in [6.45, 7) is 6.17. The van der Waals surface area contributed by atoms with Crippen molar-refractivity contribution < 1.29 is 4.79 Å². The fraction of sp³-hybridized carbons (Fsp3) is 0.562. The van der Waals surface area contributed by atoms with E-state index in [0.29, 0.717) is 0 Å². The van der Waals surface area contributed by atoms with Crippen molar-refractivity contribution in [2.45, 2.75) is 19.8 Å². The number of hydrogen-bond donors (Lipinski definition) is 1. The average molecular weight is 384 g/mol. The van der Waals surface area contributed by atoms with Gasteiger partial charge in [0, 0.05) is 22.2 Å². The van der Waals surface area contributed by atoms with E-state index < -0.39 is 0 Å². The molecule has 1 aromatic rings. The third-order valence-electron chi connectivity index (χ3n) is 4.73. The number of nitrogens with zero attached hydrogens (tertiary/aromatic N) is 1. The molecule has 0 bridgehead atoms. The molecule has 2 saturated heterocycles. The minimum Gasteiger partial charge on any atom is -0.339 e. The smallest absolute Gasteiger partial charge is 0.253 e. The molecule has 0 unspecified atom stereocenters. The number of hydrogen-bond acceptors (Lipinski definition) is 2. The number of aryl methyl sites for hydroxylation is 1. The van der Waals surface area contributed by atoms with Crippen molar-refractivity contribution in [2.75, 3.05) is 26.2 Å². The Morgan fingerprint density at radius 2 is 1.90 bits per heavy atom. The molecule has 0 aromatic heterocycles. The molecule has 3 nitrogen and oxygen atoms in total. The number of nitrogens with one attached hydrogen (secondary N) is 1. The Morgan fingerprint density at radius 3 is 2.50 bits per heavy atom. The Bertz CT molecular complexity index is 503. The molecule has 2 heterocycles. The predicted molar refractivity (Wildman–Crippen MR) is 88.9 cm³/mol. The van der Waals surface area contributed by atoms with Gasteiger partial charge in [-0.2, -0.15) is 0 Å². The van der Waals surface area contributed by atoms with Crippen molar-refractivity contribution in [3.05, 3.63) is 32.9 Å². The molecular formula is C16H21IN2O. The Morgan fingerprint density at radius 1 is 1.25 bits per heavy atom. The second-order valence-corrected chi connectivity index (χ2v) is 7.17. The van der Waals surface area contributed by atoms with Crippen LogP contribution >= 0.6 is 22.6 Å². The highest BCUT2D eigenvalue weighted by Gasteiger charge is 2.31. The monoisotopic (exact) mass is 384 g/mol. The van der Waals surface area contributed by atoms with Crippen LogP contribution in [-0.2, 0) is 0 Å². The predicted octanol–water partition coefficient (Wildman–Crippen LogP) is 2.67. The maximum Gasteiger partial charge on any atom is 0.253 e. The van der Waals surface area contributed by atoms with Crippen molar-refractivity contribution in [1.82, 2.24) is 10.2 Å². The number of benzene rings is 1. The molecule has 0 aliphatic carbocycles. The summed E-state index contributed by atoms with van der Waals surface area (Å²) < 4.78 is 1.17. The van der Waals surface area contributed by atoms with Gasteiger partial charge in [-0.25, -0.2) is 0 Å². The van der Waals surface area contributed by atoms with E-state index in [9.17, 15) is 4.79 Å². The molecule has 1 aromatic carbocycles. The number of amides is 1. The molecular weight excluding hydrogens is 363 g/mol. The first-order valence-corrected chi connectivity index (χ1v) is 8.49. The molecule has 2 aliphatic rings. The van der Waals surface area contributed by atoms with Gasteiger partial charge < -0.3 is 10.2 Å². The zero-order valence-corrected chi connectivity index (χ0v) is 14.0. The van der Waals surface area contributed by atoms with E-state index >= 15 is 0 Å². The summed E-state index contributed by atoms with van der Waals surface area (Å²) in [5.74, 6) is 1.74. The van der Waals surface area contributed by atoms with Crippen molar-refractivity contribution in [1.29, 1.82) is 0 Å². The molecule has 2 fully saturated rings. The summed E-state index contributed by atoms with van der Waals surface area (Å²) in [5.41, 5.74) is 2.07. The average Bonchev–Trinajstić information content (AvgIpc) is 2.80. The van der Waals surface area contributed by atoms with E-state index in [4.69, 9.17) is 0 Å². The number of carbonyl (C=O) groups is 1. The largest absolute Gasteiger partial charge is 0.339 e. The van der Waals surface area contributed by atoms with Gasteiger partial charge in [0.15, 0.2) is 0 Å². The number of halogens is 1. The van der Waals surface area contributed by atoms with Crippen LogP contribution in [0.3, 0.4) is 0 Å². The Hall–Kier alpha value is -0.620. The second-order valence-electron chi connectivity index (χ2n) is 6.01. The fourth-order valence-corrected chi connectivity index (χ4v) is 3.84. The van der Waals surface area contributed by atoms with E-state index in [2.05, 4.69) is 39.7 Å². The zero-order chi connectivity index (χ0) is 14.1. The van der Waals surface area contributed by atoms with Crippen LogP contribution in [0.2, 0.25) is 0 Å². The van der Waals surface area contributed by atoms with Crippen molar-refractivity contribution in [3.8, 4) is 0 Å². The molecule has 2 aliphatic heterocycles. The lowest BCUT2D eigenvalue weighted by atomic mass is 9.92. The van der Waals surface area contributed by atoms with Gasteiger partial charge in [0.25, 0.3) is 5.91 Å². The lowest BCUT2D eigenvalue weighted by molar-refractivity contribution is 0.0758. The molecule has 1 amide bonds. The van der Waals surface area contributed by atoms with Gasteiger partial charge in [-0.15, -0.1) is 0 Å². The van der Waals surface area contributed by atoms with E-state index in [1.54, 1.807) is 0 Å². The molecule has 3 rings (SSSR count). The van der Waals surface area contributed by atoms with Crippen LogP contribution in [0.15, 0.2) is 18.2 Å². The number of fused-ring (bicyclic) bond motifs is 1. The minimum absolute atomic E-state index is 0.204. The third kappa shape index (κ3) is 2.86. The van der Waals surface area contributed by atoms with Crippen LogP contribution in [0.1, 0.15) is 28.8 Å². The van der Waals surface area contributed by atoms with E-state index in [0.717, 1.165) is 56.4 Å². The van der Waals surface area contributed by atoms with Gasteiger partial charge in [0.2, 0.25) is 0 Å². The second kappa shape index (κ2) is 6.02. The molecule has 0 radical (unpaired) electrons. The summed E-state index contributed by atoms with van der Waals surface area (Å²) >= 11 is 2.30. The first kappa shape index (κ1) is 14.3. The maximum absolute atomic E-state index is 12.6. The molecule has 108 valence electrons. The maximum atomic E-state index is 12.6. The topological polar surface area (TPSA) is 32.3 Å². The first-order chi connectivity index (χ1) is 9.65. The SMILES string of the molecule is Cc1ccc(C(=O)N2CC[C@@H]3CNC[C@@H]3CC2)cc1I. The van der Waals surface area contributed by atoms with Crippen LogP contribution < -0.4 is 5.32 Å². The van der Waals surface area contributed by atoms with Gasteiger partial charge in [-0.3, -0.25) is 4.79 Å². The van der Waals surface area contributed by atoms with Crippen molar-refractivity contribution >= 4 is 28.5 Å². The fourth-order valence-electron chi connectivity index (χ4n) is 3.33. The standard InChI is InChI=1S/C16H21IN2O/c1-11-2-3-12(8-15(11)17)16(20)19-6-4-13-9-18-10-14(13)5-7-19/h2-3,8,13-14,18H,4-7,9-10H2,1H3/t13-,14+. The molecule has 0 saturated carbocycles. The molecule has 0 spiro atoms. The molecule has 20 heavy (non-hydrogen) atoms. The Balaban J connectivity index is 1.72. The van der Waals surface area contributed by atoms with Crippen LogP contribution in [0.4, 0.5) is 0 Å². The highest BCUT2D eigenvalue weighted by atomic mass is 127. The molecule has 2 atom stereocenters. The third-order valence-corrected chi connectivity index (χ3v) is 5.89. The highest BCUT2D eigenvalue weighted by molar-refractivity contribution is 14.1. The summed E-state index contributed by atoms with van der Waals surface area (Å²) in [4.78, 5) is 14.7. The summed E-state index contributed by atoms with van der Waals surface area (Å²) in [7, 11) is 0. The first-order valence-electron chi connectivity index (χ1n) is 7.41.